The Labute approximate surface area is 165 Å². The van der Waals surface area contributed by atoms with E-state index in [0.717, 1.165) is 31.4 Å². The molecule has 2 heterocycles. The summed E-state index contributed by atoms with van der Waals surface area (Å²) >= 11 is 3.09. The number of rotatable bonds is 6. The van der Waals surface area contributed by atoms with Crippen LogP contribution in [0.1, 0.15) is 25.7 Å². The van der Waals surface area contributed by atoms with Gasteiger partial charge in [-0.05, 0) is 30.2 Å². The van der Waals surface area contributed by atoms with Gasteiger partial charge in [-0.1, -0.05) is 49.9 Å². The van der Waals surface area contributed by atoms with E-state index in [0.29, 0.717) is 5.75 Å². The van der Waals surface area contributed by atoms with Gasteiger partial charge in [0.2, 0.25) is 5.91 Å². The lowest BCUT2D eigenvalue weighted by Crippen LogP contribution is -2.33. The van der Waals surface area contributed by atoms with Gasteiger partial charge in [-0.3, -0.25) is 4.79 Å². The summed E-state index contributed by atoms with van der Waals surface area (Å²) < 4.78 is 2.05. The number of aromatic amines is 1. The zero-order chi connectivity index (χ0) is 18.8. The van der Waals surface area contributed by atoms with Crippen LogP contribution in [0.25, 0.3) is 21.3 Å². The van der Waals surface area contributed by atoms with E-state index in [-0.39, 0.29) is 17.9 Å². The van der Waals surface area contributed by atoms with Crippen molar-refractivity contribution >= 4 is 50.3 Å². The summed E-state index contributed by atoms with van der Waals surface area (Å²) in [4.78, 5) is 25.1. The van der Waals surface area contributed by atoms with Crippen LogP contribution >= 0.6 is 23.1 Å². The number of thioether (sulfide) groups is 1. The number of aromatic nitrogens is 3. The van der Waals surface area contributed by atoms with Crippen molar-refractivity contribution in [3.63, 3.8) is 0 Å². The van der Waals surface area contributed by atoms with Gasteiger partial charge in [0.25, 0.3) is 0 Å². The predicted octanol–water partition coefficient (Wildman–Crippen LogP) is 4.78. The van der Waals surface area contributed by atoms with Crippen molar-refractivity contribution in [1.82, 2.24) is 20.3 Å². The topological polar surface area (TPSA) is 70.7 Å². The molecule has 2 aromatic carbocycles. The Balaban J connectivity index is 1.44. The number of benzene rings is 2. The van der Waals surface area contributed by atoms with E-state index in [1.807, 2.05) is 48.5 Å². The average Bonchev–Trinajstić information content (AvgIpc) is 3.27. The standard InChI is InChI=1S/C20H20N4OS2/c1-12(2)18(19-21-13-7-3-4-8-14(13)22-19)24-17(25)11-26-20-23-15-9-5-6-10-16(15)27-20/h3-10,12,18H,11H2,1-2H3,(H,21,22)(H,24,25). The summed E-state index contributed by atoms with van der Waals surface area (Å²) in [5, 5.41) is 3.12. The number of thiazole rings is 1. The van der Waals surface area contributed by atoms with Crippen LogP contribution in [0.3, 0.4) is 0 Å². The Hall–Kier alpha value is -2.38. The van der Waals surface area contributed by atoms with Crippen LogP contribution in [0, 0.1) is 5.92 Å². The minimum absolute atomic E-state index is 0.0154. The minimum Gasteiger partial charge on any atom is -0.345 e. The van der Waals surface area contributed by atoms with Crippen LogP contribution in [-0.4, -0.2) is 26.6 Å². The molecule has 0 aliphatic rings. The third-order valence-corrected chi connectivity index (χ3v) is 6.47. The molecule has 2 aromatic heterocycles. The number of H-pyrrole nitrogens is 1. The molecule has 0 spiro atoms. The fraction of sp³-hybridized carbons (Fsp3) is 0.250. The number of nitrogens with zero attached hydrogens (tertiary/aromatic N) is 2. The molecule has 0 radical (unpaired) electrons. The van der Waals surface area contributed by atoms with Gasteiger partial charge >= 0.3 is 0 Å². The SMILES string of the molecule is CC(C)C(NC(=O)CSc1nc2ccccc2s1)c1nc2ccccc2[nH]1. The van der Waals surface area contributed by atoms with Crippen LogP contribution in [-0.2, 0) is 4.79 Å². The molecule has 1 amide bonds. The van der Waals surface area contributed by atoms with E-state index in [4.69, 9.17) is 0 Å². The Morgan fingerprint density at radius 3 is 2.59 bits per heavy atom. The first-order valence-electron chi connectivity index (χ1n) is 8.82. The number of carbonyl (C=O) groups excluding carboxylic acids is 1. The summed E-state index contributed by atoms with van der Waals surface area (Å²) in [6.45, 7) is 4.16. The average molecular weight is 397 g/mol. The summed E-state index contributed by atoms with van der Waals surface area (Å²) in [5.74, 6) is 1.34. The molecule has 0 fully saturated rings. The van der Waals surface area contributed by atoms with Crippen molar-refractivity contribution in [2.24, 2.45) is 5.92 Å². The van der Waals surface area contributed by atoms with Gasteiger partial charge in [-0.2, -0.15) is 0 Å². The summed E-state index contributed by atoms with van der Waals surface area (Å²) in [7, 11) is 0. The summed E-state index contributed by atoms with van der Waals surface area (Å²) in [5.41, 5.74) is 2.88. The number of para-hydroxylation sites is 3. The quantitative estimate of drug-likeness (QED) is 0.460. The van der Waals surface area contributed by atoms with Gasteiger partial charge in [-0.15, -0.1) is 11.3 Å². The molecule has 0 aliphatic carbocycles. The third kappa shape index (κ3) is 3.99. The number of imidazole rings is 1. The Kier molecular flexibility index (Phi) is 5.13. The molecule has 1 unspecified atom stereocenters. The molecule has 7 heteroatoms. The number of hydrogen-bond acceptors (Lipinski definition) is 5. The maximum Gasteiger partial charge on any atom is 0.231 e. The lowest BCUT2D eigenvalue weighted by molar-refractivity contribution is -0.119. The second-order valence-corrected chi connectivity index (χ2v) is 8.92. The second-order valence-electron chi connectivity index (χ2n) is 6.66. The highest BCUT2D eigenvalue weighted by molar-refractivity contribution is 8.01. The van der Waals surface area contributed by atoms with E-state index in [1.165, 1.54) is 11.8 Å². The van der Waals surface area contributed by atoms with Gasteiger partial charge in [0.15, 0.2) is 4.34 Å². The molecule has 0 saturated heterocycles. The van der Waals surface area contributed by atoms with Crippen LogP contribution in [0.15, 0.2) is 52.9 Å². The zero-order valence-electron chi connectivity index (χ0n) is 15.1. The van der Waals surface area contributed by atoms with E-state index in [1.54, 1.807) is 11.3 Å². The molecule has 1 atom stereocenters. The molecule has 138 valence electrons. The van der Waals surface area contributed by atoms with Crippen molar-refractivity contribution in [2.75, 3.05) is 5.75 Å². The zero-order valence-corrected chi connectivity index (χ0v) is 16.7. The first-order valence-corrected chi connectivity index (χ1v) is 10.6. The number of amides is 1. The minimum atomic E-state index is -0.152. The molecular formula is C20H20N4OS2. The van der Waals surface area contributed by atoms with E-state index < -0.39 is 0 Å². The molecule has 0 bridgehead atoms. The first kappa shape index (κ1) is 18.0. The van der Waals surface area contributed by atoms with Crippen molar-refractivity contribution in [3.8, 4) is 0 Å². The summed E-state index contributed by atoms with van der Waals surface area (Å²) in [6.07, 6.45) is 0. The molecular weight excluding hydrogens is 376 g/mol. The lowest BCUT2D eigenvalue weighted by atomic mass is 10.0. The number of nitrogens with one attached hydrogen (secondary N) is 2. The fourth-order valence-corrected chi connectivity index (χ4v) is 4.81. The monoisotopic (exact) mass is 396 g/mol. The van der Waals surface area contributed by atoms with Gasteiger partial charge in [0, 0.05) is 0 Å². The van der Waals surface area contributed by atoms with E-state index in [9.17, 15) is 4.79 Å². The number of fused-ring (bicyclic) bond motifs is 2. The van der Waals surface area contributed by atoms with E-state index >= 15 is 0 Å². The Morgan fingerprint density at radius 2 is 1.85 bits per heavy atom. The van der Waals surface area contributed by atoms with Gasteiger partial charge in [0.1, 0.15) is 5.82 Å². The largest absolute Gasteiger partial charge is 0.345 e. The normalized spacial score (nSPS) is 12.7. The van der Waals surface area contributed by atoms with Gasteiger partial charge in [-0.25, -0.2) is 9.97 Å². The third-order valence-electron chi connectivity index (χ3n) is 4.29. The highest BCUT2D eigenvalue weighted by Crippen LogP contribution is 2.29. The molecule has 0 aliphatic heterocycles. The Bertz CT molecular complexity index is 1020. The maximum atomic E-state index is 12.5. The van der Waals surface area contributed by atoms with Crippen molar-refractivity contribution in [1.29, 1.82) is 0 Å². The van der Waals surface area contributed by atoms with E-state index in [2.05, 4.69) is 34.1 Å². The van der Waals surface area contributed by atoms with Crippen LogP contribution in [0.4, 0.5) is 0 Å². The fourth-order valence-electron chi connectivity index (χ4n) is 2.93. The Morgan fingerprint density at radius 1 is 1.11 bits per heavy atom. The molecule has 2 N–H and O–H groups in total. The highest BCUT2D eigenvalue weighted by atomic mass is 32.2. The van der Waals surface area contributed by atoms with Crippen LogP contribution < -0.4 is 5.32 Å². The van der Waals surface area contributed by atoms with Gasteiger partial charge in [0.05, 0.1) is 33.0 Å². The van der Waals surface area contributed by atoms with Gasteiger partial charge < -0.3 is 10.3 Å². The van der Waals surface area contributed by atoms with Crippen LogP contribution in [0.2, 0.25) is 0 Å². The second kappa shape index (κ2) is 7.70. The lowest BCUT2D eigenvalue weighted by Gasteiger charge is -2.20. The smallest absolute Gasteiger partial charge is 0.231 e. The summed E-state index contributed by atoms with van der Waals surface area (Å²) in [6, 6.07) is 15.8. The number of carbonyl (C=O) groups is 1. The molecule has 5 nitrogen and oxygen atoms in total. The van der Waals surface area contributed by atoms with Crippen molar-refractivity contribution in [2.45, 2.75) is 24.2 Å². The first-order chi connectivity index (χ1) is 13.1. The molecule has 4 rings (SSSR count). The van der Waals surface area contributed by atoms with Crippen molar-refractivity contribution in [3.05, 3.63) is 54.4 Å². The van der Waals surface area contributed by atoms with Crippen molar-refractivity contribution < 1.29 is 4.79 Å². The molecule has 0 saturated carbocycles. The van der Waals surface area contributed by atoms with Crippen LogP contribution in [0.5, 0.6) is 0 Å². The highest BCUT2D eigenvalue weighted by Gasteiger charge is 2.22. The predicted molar refractivity (Wildman–Crippen MR) is 112 cm³/mol. The maximum absolute atomic E-state index is 12.5. The molecule has 27 heavy (non-hydrogen) atoms. The number of hydrogen-bond donors (Lipinski definition) is 2. The molecule has 4 aromatic rings.